The number of halogens is 3. The molecule has 0 aliphatic rings. The summed E-state index contributed by atoms with van der Waals surface area (Å²) in [6, 6.07) is 4.50. The molecule has 2 aromatic heterocycles. The Labute approximate surface area is 121 Å². The van der Waals surface area contributed by atoms with Crippen molar-refractivity contribution in [2.75, 3.05) is 23.8 Å². The molecule has 11 heteroatoms. The molecule has 2 rings (SSSR count). The highest BCUT2D eigenvalue weighted by Gasteiger charge is 2.39. The lowest BCUT2D eigenvalue weighted by molar-refractivity contribution is -0.167. The molecule has 118 valence electrons. The van der Waals surface area contributed by atoms with Crippen LogP contribution in [0.3, 0.4) is 0 Å². The smallest absolute Gasteiger partial charge is 0.471 e. The zero-order valence-corrected chi connectivity index (χ0v) is 11.1. The molecule has 22 heavy (non-hydrogen) atoms. The van der Waals surface area contributed by atoms with Crippen LogP contribution in [0.5, 0.6) is 0 Å². The molecule has 0 spiro atoms. The van der Waals surface area contributed by atoms with Gasteiger partial charge in [0.05, 0.1) is 0 Å². The van der Waals surface area contributed by atoms with E-state index in [-0.39, 0.29) is 12.2 Å². The van der Waals surface area contributed by atoms with Gasteiger partial charge in [-0.15, -0.1) is 5.10 Å². The number of hydrogen-bond donors (Lipinski definition) is 2. The van der Waals surface area contributed by atoms with Crippen molar-refractivity contribution >= 4 is 29.3 Å². The number of anilines is 2. The van der Waals surface area contributed by atoms with Crippen LogP contribution in [0.2, 0.25) is 0 Å². The van der Waals surface area contributed by atoms with Crippen molar-refractivity contribution in [3.63, 3.8) is 0 Å². The van der Waals surface area contributed by atoms with Crippen molar-refractivity contribution < 1.29 is 27.9 Å². The molecular weight excluding hydrogens is 307 g/mol. The maximum Gasteiger partial charge on any atom is 0.471 e. The number of aromatic nitrogens is 3. The lowest BCUT2D eigenvalue weighted by Crippen LogP contribution is -2.30. The number of hydrogen-bond acceptors (Lipinski definition) is 5. The Balaban J connectivity index is 2.34. The minimum atomic E-state index is -5.06. The topological polar surface area (TPSA) is 99.8 Å². The van der Waals surface area contributed by atoms with Crippen LogP contribution in [0.25, 0.3) is 5.65 Å². The Kier molecular flexibility index (Phi) is 3.89. The first kappa shape index (κ1) is 15.5. The number of carbonyl (C=O) groups excluding carboxylic acids is 1. The predicted molar refractivity (Wildman–Crippen MR) is 68.6 cm³/mol. The number of nitrogens with one attached hydrogen (secondary N) is 1. The van der Waals surface area contributed by atoms with Crippen LogP contribution in [0.1, 0.15) is 0 Å². The van der Waals surface area contributed by atoms with Gasteiger partial charge in [0, 0.05) is 7.05 Å². The van der Waals surface area contributed by atoms with E-state index in [1.54, 1.807) is 0 Å². The molecule has 8 nitrogen and oxygen atoms in total. The number of carboxylic acids is 1. The number of aliphatic carboxylic acids is 1. The molecule has 0 radical (unpaired) electrons. The van der Waals surface area contributed by atoms with Gasteiger partial charge in [0.25, 0.3) is 0 Å². The van der Waals surface area contributed by atoms with Crippen molar-refractivity contribution in [2.24, 2.45) is 0 Å². The molecule has 0 aliphatic heterocycles. The van der Waals surface area contributed by atoms with Gasteiger partial charge < -0.3 is 10.0 Å². The number of carboxylic acid groups (broad SMARTS) is 1. The number of alkyl halides is 3. The first-order valence-corrected chi connectivity index (χ1v) is 5.85. The average molecular weight is 317 g/mol. The van der Waals surface area contributed by atoms with Gasteiger partial charge >= 0.3 is 18.1 Å². The van der Waals surface area contributed by atoms with Gasteiger partial charge in [0.15, 0.2) is 5.65 Å². The third kappa shape index (κ3) is 3.24. The molecule has 2 N–H and O–H groups in total. The number of rotatable bonds is 4. The van der Waals surface area contributed by atoms with E-state index < -0.39 is 24.0 Å². The minimum Gasteiger partial charge on any atom is -0.480 e. The second-order valence-corrected chi connectivity index (χ2v) is 4.29. The summed E-state index contributed by atoms with van der Waals surface area (Å²) in [7, 11) is 1.47. The zero-order valence-electron chi connectivity index (χ0n) is 11.1. The number of likely N-dealkylation sites (N-methyl/N-ethyl adjacent to an activating group) is 1. The molecule has 0 fully saturated rings. The highest BCUT2D eigenvalue weighted by Crippen LogP contribution is 2.19. The number of fused-ring (bicyclic) bond motifs is 1. The molecule has 0 aliphatic carbocycles. The summed E-state index contributed by atoms with van der Waals surface area (Å²) in [5.74, 6) is -3.52. The minimum absolute atomic E-state index is 0.159. The van der Waals surface area contributed by atoms with E-state index in [1.807, 2.05) is 0 Å². The van der Waals surface area contributed by atoms with Crippen LogP contribution in [0.4, 0.5) is 24.9 Å². The fourth-order valence-corrected chi connectivity index (χ4v) is 1.69. The first-order valence-electron chi connectivity index (χ1n) is 5.85. The average Bonchev–Trinajstić information content (AvgIpc) is 2.78. The fraction of sp³-hybridized carbons (Fsp3) is 0.273. The Morgan fingerprint density at radius 2 is 2.09 bits per heavy atom. The van der Waals surface area contributed by atoms with Crippen molar-refractivity contribution in [3.05, 3.63) is 18.2 Å². The zero-order chi connectivity index (χ0) is 16.5. The number of carbonyl (C=O) groups is 2. The summed E-state index contributed by atoms with van der Waals surface area (Å²) < 4.78 is 37.7. The number of pyridine rings is 1. The van der Waals surface area contributed by atoms with Crippen molar-refractivity contribution in [2.45, 2.75) is 6.18 Å². The second-order valence-electron chi connectivity index (χ2n) is 4.29. The lowest BCUT2D eigenvalue weighted by Gasteiger charge is -2.16. The maximum atomic E-state index is 12.2. The van der Waals surface area contributed by atoms with Gasteiger partial charge in [0.1, 0.15) is 12.4 Å². The van der Waals surface area contributed by atoms with Crippen LogP contribution in [-0.4, -0.2) is 51.3 Å². The van der Waals surface area contributed by atoms with Crippen LogP contribution < -0.4 is 10.2 Å². The lowest BCUT2D eigenvalue weighted by atomic mass is 10.4. The molecule has 1 amide bonds. The van der Waals surface area contributed by atoms with E-state index in [0.717, 1.165) is 4.52 Å². The van der Waals surface area contributed by atoms with E-state index in [0.29, 0.717) is 5.82 Å². The van der Waals surface area contributed by atoms with Crippen LogP contribution >= 0.6 is 0 Å². The van der Waals surface area contributed by atoms with E-state index in [4.69, 9.17) is 5.11 Å². The SMILES string of the molecule is CN(CC(=O)O)c1cccc2nc(NC(=O)C(F)(F)F)nn12. The summed E-state index contributed by atoms with van der Waals surface area (Å²) in [6.45, 7) is -0.344. The molecule has 0 atom stereocenters. The van der Waals surface area contributed by atoms with Crippen molar-refractivity contribution in [3.8, 4) is 0 Å². The fourth-order valence-electron chi connectivity index (χ4n) is 1.69. The van der Waals surface area contributed by atoms with E-state index >= 15 is 0 Å². The van der Waals surface area contributed by atoms with Crippen LogP contribution in [0.15, 0.2) is 18.2 Å². The van der Waals surface area contributed by atoms with Crippen molar-refractivity contribution in [1.82, 2.24) is 14.6 Å². The number of amides is 1. The molecule has 0 bridgehead atoms. The summed E-state index contributed by atoms with van der Waals surface area (Å²) in [5.41, 5.74) is 0.159. The van der Waals surface area contributed by atoms with E-state index in [1.165, 1.54) is 35.5 Å². The largest absolute Gasteiger partial charge is 0.480 e. The van der Waals surface area contributed by atoms with Gasteiger partial charge in [0.2, 0.25) is 5.95 Å². The van der Waals surface area contributed by atoms with Gasteiger partial charge in [-0.3, -0.25) is 14.9 Å². The second kappa shape index (κ2) is 5.50. The third-order valence-corrected chi connectivity index (χ3v) is 2.59. The van der Waals surface area contributed by atoms with Gasteiger partial charge in [-0.1, -0.05) is 6.07 Å². The summed E-state index contributed by atoms with van der Waals surface area (Å²) in [6.07, 6.45) is -5.06. The Morgan fingerprint density at radius 1 is 1.41 bits per heavy atom. The Bertz CT molecular complexity index is 727. The molecule has 0 saturated heterocycles. The molecule has 0 unspecified atom stereocenters. The normalized spacial score (nSPS) is 11.5. The summed E-state index contributed by atoms with van der Waals surface area (Å²) >= 11 is 0. The summed E-state index contributed by atoms with van der Waals surface area (Å²) in [4.78, 5) is 26.6. The molecular formula is C11H10F3N5O3. The first-order chi connectivity index (χ1) is 10.2. The number of nitrogens with zero attached hydrogens (tertiary/aromatic N) is 4. The summed E-state index contributed by atoms with van der Waals surface area (Å²) in [5, 5.41) is 14.0. The molecule has 0 saturated carbocycles. The van der Waals surface area contributed by atoms with E-state index in [9.17, 15) is 22.8 Å². The highest BCUT2D eigenvalue weighted by molar-refractivity contribution is 5.93. The van der Waals surface area contributed by atoms with Gasteiger partial charge in [-0.25, -0.2) is 0 Å². The Morgan fingerprint density at radius 3 is 2.68 bits per heavy atom. The van der Waals surface area contributed by atoms with Gasteiger partial charge in [-0.2, -0.15) is 22.7 Å². The third-order valence-electron chi connectivity index (χ3n) is 2.59. The molecule has 2 heterocycles. The van der Waals surface area contributed by atoms with Gasteiger partial charge in [-0.05, 0) is 12.1 Å². The molecule has 2 aromatic rings. The highest BCUT2D eigenvalue weighted by atomic mass is 19.4. The Hall–Kier alpha value is -2.85. The monoisotopic (exact) mass is 317 g/mol. The van der Waals surface area contributed by atoms with E-state index in [2.05, 4.69) is 10.1 Å². The molecule has 0 aromatic carbocycles. The van der Waals surface area contributed by atoms with Crippen molar-refractivity contribution in [1.29, 1.82) is 0 Å². The maximum absolute atomic E-state index is 12.2. The van der Waals surface area contributed by atoms with Crippen LogP contribution in [0, 0.1) is 0 Å². The predicted octanol–water partition coefficient (Wildman–Crippen LogP) is 0.751. The van der Waals surface area contributed by atoms with Crippen LogP contribution in [-0.2, 0) is 9.59 Å². The standard InChI is InChI=1S/C11H10F3N5O3/c1-18(5-8(20)21)7-4-2-3-6-15-10(17-19(6)7)16-9(22)11(12,13)14/h2-4H,5H2,1H3,(H,20,21)(H,16,17,22). The quantitative estimate of drug-likeness (QED) is 0.863.